The van der Waals surface area contributed by atoms with Crippen LogP contribution in [0.4, 0.5) is 4.39 Å². The third kappa shape index (κ3) is 4.65. The Bertz CT molecular complexity index is 947. The van der Waals surface area contributed by atoms with E-state index in [2.05, 4.69) is 5.32 Å². The summed E-state index contributed by atoms with van der Waals surface area (Å²) in [6.45, 7) is 4.83. The lowest BCUT2D eigenvalue weighted by atomic mass is 10.1. The second-order valence-corrected chi connectivity index (χ2v) is 7.01. The van der Waals surface area contributed by atoms with Crippen molar-refractivity contribution >= 4 is 17.4 Å². The molecule has 140 valence electrons. The van der Waals surface area contributed by atoms with Gasteiger partial charge in [0.1, 0.15) is 5.82 Å². The van der Waals surface area contributed by atoms with Crippen LogP contribution >= 0.6 is 11.6 Å². The van der Waals surface area contributed by atoms with Crippen molar-refractivity contribution in [2.24, 2.45) is 0 Å². The Morgan fingerprint density at radius 2 is 1.85 bits per heavy atom. The Morgan fingerprint density at radius 3 is 2.56 bits per heavy atom. The molecule has 3 rings (SSSR count). The fourth-order valence-corrected chi connectivity index (χ4v) is 3.47. The summed E-state index contributed by atoms with van der Waals surface area (Å²) in [5.74, 6) is -0.232. The molecule has 3 aromatic rings. The number of hydrogen-bond donors (Lipinski definition) is 1. The molecule has 0 unspecified atom stereocenters. The van der Waals surface area contributed by atoms with E-state index in [-0.39, 0.29) is 18.1 Å². The summed E-state index contributed by atoms with van der Waals surface area (Å²) in [5.41, 5.74) is 4.48. The van der Waals surface area contributed by atoms with Gasteiger partial charge < -0.3 is 9.88 Å². The lowest BCUT2D eigenvalue weighted by Crippen LogP contribution is -2.25. The quantitative estimate of drug-likeness (QED) is 0.464. The summed E-state index contributed by atoms with van der Waals surface area (Å²) in [6, 6.07) is 15.9. The van der Waals surface area contributed by atoms with Gasteiger partial charge in [-0.25, -0.2) is 4.39 Å². The molecule has 5 heteroatoms. The fourth-order valence-electron chi connectivity index (χ4n) is 3.25. The van der Waals surface area contributed by atoms with E-state index in [0.29, 0.717) is 12.1 Å². The molecule has 0 saturated carbocycles. The van der Waals surface area contributed by atoms with E-state index in [0.717, 1.165) is 34.1 Å². The van der Waals surface area contributed by atoms with Crippen LogP contribution in [0.25, 0.3) is 5.69 Å². The number of ketones is 1. The van der Waals surface area contributed by atoms with Gasteiger partial charge in [0.05, 0.1) is 6.54 Å². The molecule has 2 aromatic carbocycles. The van der Waals surface area contributed by atoms with Crippen LogP contribution in [0.15, 0.2) is 54.6 Å². The Hall–Kier alpha value is -2.43. The maximum Gasteiger partial charge on any atom is 0.178 e. The Morgan fingerprint density at radius 1 is 1.11 bits per heavy atom. The normalized spacial score (nSPS) is 11.0. The highest BCUT2D eigenvalue weighted by Crippen LogP contribution is 2.21. The first-order valence-corrected chi connectivity index (χ1v) is 9.27. The van der Waals surface area contributed by atoms with Crippen LogP contribution in [0, 0.1) is 19.7 Å². The van der Waals surface area contributed by atoms with E-state index >= 15 is 0 Å². The lowest BCUT2D eigenvalue weighted by Gasteiger charge is -2.10. The molecule has 3 nitrogen and oxygen atoms in total. The SMILES string of the molecule is Cc1cc(C(=O)CNCCc2cccc(Cl)c2)c(C)n1-c1ccc(F)cc1. The molecule has 1 N–H and O–H groups in total. The Kier molecular flexibility index (Phi) is 6.09. The molecular weight excluding hydrogens is 363 g/mol. The van der Waals surface area contributed by atoms with Gasteiger partial charge in [0.2, 0.25) is 0 Å². The van der Waals surface area contributed by atoms with Gasteiger partial charge in [-0.05, 0) is 74.8 Å². The van der Waals surface area contributed by atoms with Crippen LogP contribution in [0.1, 0.15) is 27.3 Å². The van der Waals surface area contributed by atoms with Crippen molar-refractivity contribution in [1.82, 2.24) is 9.88 Å². The lowest BCUT2D eigenvalue weighted by molar-refractivity contribution is 0.0991. The molecule has 0 fully saturated rings. The molecule has 0 amide bonds. The smallest absolute Gasteiger partial charge is 0.178 e. The summed E-state index contributed by atoms with van der Waals surface area (Å²) in [7, 11) is 0. The maximum atomic E-state index is 13.2. The maximum absolute atomic E-state index is 13.2. The number of halogens is 2. The summed E-state index contributed by atoms with van der Waals surface area (Å²) in [4.78, 5) is 12.6. The first-order chi connectivity index (χ1) is 13.0. The topological polar surface area (TPSA) is 34.0 Å². The van der Waals surface area contributed by atoms with E-state index in [1.165, 1.54) is 12.1 Å². The largest absolute Gasteiger partial charge is 0.318 e. The average Bonchev–Trinajstić information content (AvgIpc) is 2.94. The molecule has 0 radical (unpaired) electrons. The van der Waals surface area contributed by atoms with Crippen LogP contribution in [0.5, 0.6) is 0 Å². The molecule has 0 bridgehead atoms. The average molecular weight is 385 g/mol. The minimum Gasteiger partial charge on any atom is -0.318 e. The minimum atomic E-state index is -0.276. The zero-order valence-corrected chi connectivity index (χ0v) is 16.2. The highest BCUT2D eigenvalue weighted by Gasteiger charge is 2.16. The van der Waals surface area contributed by atoms with Crippen LogP contribution in [0.2, 0.25) is 5.02 Å². The van der Waals surface area contributed by atoms with Crippen LogP contribution in [-0.2, 0) is 6.42 Å². The third-order valence-corrected chi connectivity index (χ3v) is 4.82. The number of aryl methyl sites for hydroxylation is 1. The van der Waals surface area contributed by atoms with E-state index in [9.17, 15) is 9.18 Å². The Labute approximate surface area is 163 Å². The van der Waals surface area contributed by atoms with Crippen LogP contribution in [0.3, 0.4) is 0 Å². The van der Waals surface area contributed by atoms with Crippen molar-refractivity contribution in [2.75, 3.05) is 13.1 Å². The number of nitrogens with zero attached hydrogens (tertiary/aromatic N) is 1. The van der Waals surface area contributed by atoms with Gasteiger partial charge in [0.25, 0.3) is 0 Å². The van der Waals surface area contributed by atoms with Crippen molar-refractivity contribution in [3.05, 3.63) is 88.0 Å². The number of carbonyl (C=O) groups is 1. The zero-order chi connectivity index (χ0) is 19.4. The summed E-state index contributed by atoms with van der Waals surface area (Å²) >= 11 is 5.98. The van der Waals surface area contributed by atoms with Gasteiger partial charge in [-0.3, -0.25) is 4.79 Å². The summed E-state index contributed by atoms with van der Waals surface area (Å²) in [5, 5.41) is 3.92. The molecule has 0 saturated heterocycles. The van der Waals surface area contributed by atoms with Crippen molar-refractivity contribution in [3.63, 3.8) is 0 Å². The number of nitrogens with one attached hydrogen (secondary N) is 1. The van der Waals surface area contributed by atoms with Crippen LogP contribution < -0.4 is 5.32 Å². The van der Waals surface area contributed by atoms with Crippen LogP contribution in [-0.4, -0.2) is 23.4 Å². The molecular formula is C22H22ClFN2O. The molecule has 0 aliphatic carbocycles. The van der Waals surface area contributed by atoms with Gasteiger partial charge in [0.15, 0.2) is 5.78 Å². The summed E-state index contributed by atoms with van der Waals surface area (Å²) < 4.78 is 15.1. The predicted octanol–water partition coefficient (Wildman–Crippen LogP) is 4.90. The standard InChI is InChI=1S/C22H22ClFN2O/c1-15-12-21(16(2)26(15)20-8-6-19(24)7-9-20)22(27)14-25-11-10-17-4-3-5-18(23)13-17/h3-9,12-13,25H,10-11,14H2,1-2H3. The van der Waals surface area contributed by atoms with E-state index in [1.807, 2.05) is 48.7 Å². The molecule has 0 aliphatic heterocycles. The van der Waals surface area contributed by atoms with E-state index < -0.39 is 0 Å². The van der Waals surface area contributed by atoms with Crippen molar-refractivity contribution < 1.29 is 9.18 Å². The number of aromatic nitrogens is 1. The number of rotatable bonds is 7. The number of hydrogen-bond acceptors (Lipinski definition) is 2. The van der Waals surface area contributed by atoms with Gasteiger partial charge in [0, 0.05) is 27.7 Å². The van der Waals surface area contributed by atoms with Gasteiger partial charge >= 0.3 is 0 Å². The molecule has 27 heavy (non-hydrogen) atoms. The molecule has 0 atom stereocenters. The molecule has 1 heterocycles. The molecule has 1 aromatic heterocycles. The second-order valence-electron chi connectivity index (χ2n) is 6.58. The number of Topliss-reactive ketones (excluding diaryl/α,β-unsaturated/α-hetero) is 1. The summed E-state index contributed by atoms with van der Waals surface area (Å²) in [6.07, 6.45) is 0.808. The van der Waals surface area contributed by atoms with Gasteiger partial charge in [-0.15, -0.1) is 0 Å². The predicted molar refractivity (Wildman–Crippen MR) is 108 cm³/mol. The zero-order valence-electron chi connectivity index (χ0n) is 15.4. The van der Waals surface area contributed by atoms with Crippen molar-refractivity contribution in [2.45, 2.75) is 20.3 Å². The van der Waals surface area contributed by atoms with Gasteiger partial charge in [-0.1, -0.05) is 23.7 Å². The fraction of sp³-hybridized carbons (Fsp3) is 0.227. The van der Waals surface area contributed by atoms with Gasteiger partial charge in [-0.2, -0.15) is 0 Å². The first-order valence-electron chi connectivity index (χ1n) is 8.89. The number of carbonyl (C=O) groups excluding carboxylic acids is 1. The highest BCUT2D eigenvalue weighted by atomic mass is 35.5. The van der Waals surface area contributed by atoms with E-state index in [4.69, 9.17) is 11.6 Å². The third-order valence-electron chi connectivity index (χ3n) is 4.58. The van der Waals surface area contributed by atoms with E-state index in [1.54, 1.807) is 12.1 Å². The molecule has 0 aliphatic rings. The highest BCUT2D eigenvalue weighted by molar-refractivity contribution is 6.30. The monoisotopic (exact) mass is 384 g/mol. The van der Waals surface area contributed by atoms with Crippen molar-refractivity contribution in [3.8, 4) is 5.69 Å². The Balaban J connectivity index is 1.63. The minimum absolute atomic E-state index is 0.0440. The first kappa shape index (κ1) is 19.3. The number of benzene rings is 2. The molecule has 0 spiro atoms. The van der Waals surface area contributed by atoms with Crippen molar-refractivity contribution in [1.29, 1.82) is 0 Å². The second kappa shape index (κ2) is 8.51.